The highest BCUT2D eigenvalue weighted by molar-refractivity contribution is 7.99. The Labute approximate surface area is 143 Å². The number of aromatic nitrogens is 4. The second kappa shape index (κ2) is 7.32. The summed E-state index contributed by atoms with van der Waals surface area (Å²) in [6.45, 7) is 0. The highest BCUT2D eigenvalue weighted by atomic mass is 32.2. The number of benzene rings is 1. The number of aromatic amines is 1. The first-order valence-electron chi connectivity index (χ1n) is 6.67. The molecular formula is C14H10FN5O2S2. The van der Waals surface area contributed by atoms with E-state index in [9.17, 15) is 14.0 Å². The number of rotatable bonds is 5. The van der Waals surface area contributed by atoms with Gasteiger partial charge in [-0.15, -0.1) is 10.2 Å². The Hall–Kier alpha value is -2.59. The molecule has 24 heavy (non-hydrogen) atoms. The molecule has 122 valence electrons. The topological polar surface area (TPSA) is 101 Å². The number of thioether (sulfide) groups is 1. The number of hydrogen-bond donors (Lipinski definition) is 2. The van der Waals surface area contributed by atoms with Crippen molar-refractivity contribution in [1.29, 1.82) is 0 Å². The molecule has 3 aromatic rings. The third-order valence-corrected chi connectivity index (χ3v) is 4.53. The lowest BCUT2D eigenvalue weighted by Gasteiger charge is -2.00. The summed E-state index contributed by atoms with van der Waals surface area (Å²) in [7, 11) is 0. The third kappa shape index (κ3) is 4.24. The van der Waals surface area contributed by atoms with Crippen molar-refractivity contribution in [3.8, 4) is 10.6 Å². The lowest BCUT2D eigenvalue weighted by molar-refractivity contribution is -0.113. The van der Waals surface area contributed by atoms with Crippen molar-refractivity contribution in [1.82, 2.24) is 20.2 Å². The van der Waals surface area contributed by atoms with E-state index in [4.69, 9.17) is 0 Å². The van der Waals surface area contributed by atoms with Crippen molar-refractivity contribution >= 4 is 34.1 Å². The fraction of sp³-hybridized carbons (Fsp3) is 0.0714. The van der Waals surface area contributed by atoms with Gasteiger partial charge in [-0.2, -0.15) is 0 Å². The van der Waals surface area contributed by atoms with Crippen LogP contribution in [0.4, 0.5) is 9.52 Å². The standard InChI is InChI=1S/C14H10FN5O2S2/c15-9-3-1-8(2-4-9)12-19-20-14(24-12)18-11(22)7-23-13-16-6-5-10(21)17-13/h1-6H,7H2,(H,16,17,21)(H,18,20,22). The SMILES string of the molecule is O=C(CSc1nccc(=O)[nH]1)Nc1nnc(-c2ccc(F)cc2)s1. The zero-order valence-corrected chi connectivity index (χ0v) is 13.7. The van der Waals surface area contributed by atoms with Crippen molar-refractivity contribution in [2.45, 2.75) is 5.16 Å². The molecule has 0 aliphatic rings. The van der Waals surface area contributed by atoms with Crippen molar-refractivity contribution in [3.05, 3.63) is 52.7 Å². The summed E-state index contributed by atoms with van der Waals surface area (Å²) < 4.78 is 12.9. The van der Waals surface area contributed by atoms with E-state index >= 15 is 0 Å². The molecule has 0 spiro atoms. The first kappa shape index (κ1) is 16.3. The molecular weight excluding hydrogens is 353 g/mol. The second-order valence-electron chi connectivity index (χ2n) is 4.50. The van der Waals surface area contributed by atoms with Crippen molar-refractivity contribution in [2.24, 2.45) is 0 Å². The molecule has 2 heterocycles. The minimum absolute atomic E-state index is 0.0679. The van der Waals surface area contributed by atoms with Gasteiger partial charge in [0.25, 0.3) is 5.56 Å². The van der Waals surface area contributed by atoms with Gasteiger partial charge in [-0.3, -0.25) is 14.9 Å². The Balaban J connectivity index is 1.59. The molecule has 2 N–H and O–H groups in total. The molecule has 0 saturated heterocycles. The van der Waals surface area contributed by atoms with Gasteiger partial charge in [0.05, 0.1) is 5.75 Å². The van der Waals surface area contributed by atoms with Crippen LogP contribution in [0, 0.1) is 5.82 Å². The van der Waals surface area contributed by atoms with Crippen LogP contribution in [0.15, 0.2) is 46.5 Å². The van der Waals surface area contributed by atoms with Gasteiger partial charge >= 0.3 is 0 Å². The number of nitrogens with zero attached hydrogens (tertiary/aromatic N) is 3. The van der Waals surface area contributed by atoms with Gasteiger partial charge in [-0.25, -0.2) is 9.37 Å². The summed E-state index contributed by atoms with van der Waals surface area (Å²) >= 11 is 2.29. The van der Waals surface area contributed by atoms with Crippen LogP contribution < -0.4 is 10.9 Å². The molecule has 0 bridgehead atoms. The third-order valence-electron chi connectivity index (χ3n) is 2.75. The monoisotopic (exact) mass is 363 g/mol. The van der Waals surface area contributed by atoms with Gasteiger partial charge < -0.3 is 4.98 Å². The quantitative estimate of drug-likeness (QED) is 0.532. The summed E-state index contributed by atoms with van der Waals surface area (Å²) in [4.78, 5) is 29.5. The van der Waals surface area contributed by atoms with E-state index in [1.165, 1.54) is 35.7 Å². The highest BCUT2D eigenvalue weighted by Crippen LogP contribution is 2.26. The summed E-state index contributed by atoms with van der Waals surface area (Å²) in [5.41, 5.74) is 0.441. The molecule has 7 nitrogen and oxygen atoms in total. The molecule has 0 aliphatic carbocycles. The van der Waals surface area contributed by atoms with E-state index in [0.717, 1.165) is 17.3 Å². The molecule has 2 aromatic heterocycles. The normalized spacial score (nSPS) is 10.5. The van der Waals surface area contributed by atoms with Gasteiger partial charge in [0.15, 0.2) is 5.16 Å². The second-order valence-corrected chi connectivity index (χ2v) is 6.44. The van der Waals surface area contributed by atoms with Crippen LogP contribution >= 0.6 is 23.1 Å². The number of carbonyl (C=O) groups excluding carboxylic acids is 1. The lowest BCUT2D eigenvalue weighted by Crippen LogP contribution is -2.15. The molecule has 0 aliphatic heterocycles. The van der Waals surface area contributed by atoms with Crippen LogP contribution in [-0.4, -0.2) is 31.8 Å². The number of amides is 1. The van der Waals surface area contributed by atoms with Crippen LogP contribution in [0.5, 0.6) is 0 Å². The van der Waals surface area contributed by atoms with Crippen LogP contribution in [0.3, 0.4) is 0 Å². The Bertz CT molecular complexity index is 910. The van der Waals surface area contributed by atoms with E-state index in [1.807, 2.05) is 0 Å². The Morgan fingerprint density at radius 3 is 2.79 bits per heavy atom. The Morgan fingerprint density at radius 2 is 2.04 bits per heavy atom. The zero-order valence-electron chi connectivity index (χ0n) is 12.0. The summed E-state index contributed by atoms with van der Waals surface area (Å²) in [6, 6.07) is 7.14. The number of anilines is 1. The lowest BCUT2D eigenvalue weighted by atomic mass is 10.2. The molecule has 0 radical (unpaired) electrons. The predicted octanol–water partition coefficient (Wildman–Crippen LogP) is 2.16. The first-order chi connectivity index (χ1) is 11.6. The minimum Gasteiger partial charge on any atom is -0.301 e. The van der Waals surface area contributed by atoms with E-state index < -0.39 is 0 Å². The van der Waals surface area contributed by atoms with Gasteiger partial charge in [-0.05, 0) is 24.3 Å². The molecule has 1 amide bonds. The van der Waals surface area contributed by atoms with Crippen LogP contribution in [-0.2, 0) is 4.79 Å². The molecule has 1 aromatic carbocycles. The Morgan fingerprint density at radius 1 is 1.25 bits per heavy atom. The fourth-order valence-corrected chi connectivity index (χ4v) is 3.11. The number of hydrogen-bond acceptors (Lipinski definition) is 7. The number of carbonyl (C=O) groups is 1. The maximum absolute atomic E-state index is 12.9. The molecule has 0 saturated carbocycles. The highest BCUT2D eigenvalue weighted by Gasteiger charge is 2.10. The number of nitrogens with one attached hydrogen (secondary N) is 2. The van der Waals surface area contributed by atoms with Gasteiger partial charge in [0.1, 0.15) is 10.8 Å². The van der Waals surface area contributed by atoms with Crippen LogP contribution in [0.25, 0.3) is 10.6 Å². The molecule has 0 unspecified atom stereocenters. The molecule has 0 atom stereocenters. The van der Waals surface area contributed by atoms with E-state index in [0.29, 0.717) is 15.3 Å². The van der Waals surface area contributed by atoms with E-state index in [1.54, 1.807) is 12.1 Å². The predicted molar refractivity (Wildman–Crippen MR) is 89.5 cm³/mol. The Kier molecular flexibility index (Phi) is 4.96. The number of halogens is 1. The van der Waals surface area contributed by atoms with Gasteiger partial charge in [-0.1, -0.05) is 23.1 Å². The maximum Gasteiger partial charge on any atom is 0.251 e. The van der Waals surface area contributed by atoms with Crippen molar-refractivity contribution in [3.63, 3.8) is 0 Å². The summed E-state index contributed by atoms with van der Waals surface area (Å²) in [5.74, 6) is -0.562. The number of H-pyrrole nitrogens is 1. The van der Waals surface area contributed by atoms with Crippen molar-refractivity contribution < 1.29 is 9.18 Å². The van der Waals surface area contributed by atoms with E-state index in [2.05, 4.69) is 25.5 Å². The van der Waals surface area contributed by atoms with Gasteiger partial charge in [0.2, 0.25) is 11.0 Å². The largest absolute Gasteiger partial charge is 0.301 e. The van der Waals surface area contributed by atoms with Crippen LogP contribution in [0.1, 0.15) is 0 Å². The molecule has 0 fully saturated rings. The smallest absolute Gasteiger partial charge is 0.251 e. The summed E-state index contributed by atoms with van der Waals surface area (Å²) in [6.07, 6.45) is 1.37. The van der Waals surface area contributed by atoms with E-state index in [-0.39, 0.29) is 23.0 Å². The first-order valence-corrected chi connectivity index (χ1v) is 8.48. The maximum atomic E-state index is 12.9. The average Bonchev–Trinajstić information content (AvgIpc) is 3.02. The van der Waals surface area contributed by atoms with Gasteiger partial charge in [0, 0.05) is 17.8 Å². The summed E-state index contributed by atoms with van der Waals surface area (Å²) in [5, 5.41) is 11.7. The van der Waals surface area contributed by atoms with Crippen molar-refractivity contribution in [2.75, 3.05) is 11.1 Å². The van der Waals surface area contributed by atoms with Crippen LogP contribution in [0.2, 0.25) is 0 Å². The fourth-order valence-electron chi connectivity index (χ4n) is 1.70. The minimum atomic E-state index is -0.332. The molecule has 3 rings (SSSR count). The zero-order chi connectivity index (χ0) is 16.9. The molecule has 10 heteroatoms. The average molecular weight is 363 g/mol.